The molecule has 0 radical (unpaired) electrons. The third-order valence-corrected chi connectivity index (χ3v) is 1.82. The van der Waals surface area contributed by atoms with Crippen molar-refractivity contribution in [3.63, 3.8) is 0 Å². The van der Waals surface area contributed by atoms with E-state index >= 15 is 0 Å². The molecule has 0 aromatic rings. The van der Waals surface area contributed by atoms with E-state index in [9.17, 15) is 4.79 Å². The summed E-state index contributed by atoms with van der Waals surface area (Å²) in [4.78, 5) is 10.6. The Morgan fingerprint density at radius 1 is 1.47 bits per heavy atom. The van der Waals surface area contributed by atoms with Crippen LogP contribution in [0.25, 0.3) is 0 Å². The first-order valence-electron chi connectivity index (χ1n) is 4.63. The van der Waals surface area contributed by atoms with Crippen molar-refractivity contribution in [3.05, 3.63) is 0 Å². The number of aliphatic carboxylic acids is 1. The Hall–Kier alpha value is -0.960. The van der Waals surface area contributed by atoms with Crippen LogP contribution in [0.5, 0.6) is 0 Å². The van der Waals surface area contributed by atoms with E-state index in [1.54, 1.807) is 6.92 Å². The number of nitrogens with one attached hydrogen (secondary N) is 2. The van der Waals surface area contributed by atoms with Gasteiger partial charge in [0, 0.05) is 6.42 Å². The van der Waals surface area contributed by atoms with E-state index in [4.69, 9.17) is 16.2 Å². The van der Waals surface area contributed by atoms with Crippen LogP contribution >= 0.6 is 24.8 Å². The Bertz CT molecular complexity index is 308. The maximum atomic E-state index is 10.6. The van der Waals surface area contributed by atoms with E-state index in [1.165, 1.54) is 6.92 Å². The number of rotatable bonds is 4. The summed E-state index contributed by atoms with van der Waals surface area (Å²) in [5, 5.41) is 18.5. The van der Waals surface area contributed by atoms with Crippen LogP contribution in [0.4, 0.5) is 0 Å². The van der Waals surface area contributed by atoms with Gasteiger partial charge in [0.05, 0.1) is 12.4 Å². The van der Waals surface area contributed by atoms with E-state index < -0.39 is 11.5 Å². The van der Waals surface area contributed by atoms with Gasteiger partial charge in [-0.25, -0.2) is 0 Å². The normalized spacial score (nSPS) is 11.7. The lowest BCUT2D eigenvalue weighted by Crippen LogP contribution is -2.44. The van der Waals surface area contributed by atoms with Crippen LogP contribution < -0.4 is 11.1 Å². The van der Waals surface area contributed by atoms with E-state index in [2.05, 4.69) is 17.2 Å². The molecule has 1 atom stereocenters. The van der Waals surface area contributed by atoms with Crippen LogP contribution in [0.15, 0.2) is 0 Å². The van der Waals surface area contributed by atoms with Gasteiger partial charge in [-0.05, 0) is 20.3 Å². The van der Waals surface area contributed by atoms with Crippen LogP contribution in [-0.2, 0) is 4.79 Å². The summed E-state index contributed by atoms with van der Waals surface area (Å²) in [5.74, 6) is 4.92. The fourth-order valence-electron chi connectivity index (χ4n) is 0.757. The van der Waals surface area contributed by atoms with Crippen LogP contribution in [0.2, 0.25) is 0 Å². The molecular formula is C10H19Cl2N3O2. The molecule has 0 saturated carbocycles. The van der Waals surface area contributed by atoms with E-state index in [0.717, 1.165) is 0 Å². The molecule has 5 nitrogen and oxygen atoms in total. The summed E-state index contributed by atoms with van der Waals surface area (Å²) < 4.78 is 0. The van der Waals surface area contributed by atoms with E-state index in [-0.39, 0.29) is 24.8 Å². The minimum absolute atomic E-state index is 0. The van der Waals surface area contributed by atoms with E-state index in [0.29, 0.717) is 25.2 Å². The van der Waals surface area contributed by atoms with Gasteiger partial charge in [-0.3, -0.25) is 10.2 Å². The fraction of sp³-hybridized carbons (Fsp3) is 0.600. The highest BCUT2D eigenvalue weighted by atomic mass is 35.5. The van der Waals surface area contributed by atoms with Crippen LogP contribution in [0.1, 0.15) is 26.7 Å². The molecule has 0 amide bonds. The van der Waals surface area contributed by atoms with Crippen molar-refractivity contribution in [2.45, 2.75) is 32.2 Å². The zero-order chi connectivity index (χ0) is 11.9. The molecule has 0 spiro atoms. The topological polar surface area (TPSA) is 99.2 Å². The zero-order valence-corrected chi connectivity index (χ0v) is 11.5. The van der Waals surface area contributed by atoms with Crippen molar-refractivity contribution >= 4 is 36.6 Å². The molecule has 0 bridgehead atoms. The van der Waals surface area contributed by atoms with Crippen molar-refractivity contribution in [2.24, 2.45) is 5.73 Å². The third kappa shape index (κ3) is 11.3. The average Bonchev–Trinajstić information content (AvgIpc) is 2.10. The number of carboxylic acid groups (broad SMARTS) is 1. The van der Waals surface area contributed by atoms with Gasteiger partial charge in [-0.15, -0.1) is 30.7 Å². The van der Waals surface area contributed by atoms with Crippen molar-refractivity contribution in [2.75, 3.05) is 6.54 Å². The molecule has 17 heavy (non-hydrogen) atoms. The molecule has 0 heterocycles. The second kappa shape index (κ2) is 10.2. The third-order valence-electron chi connectivity index (χ3n) is 1.82. The summed E-state index contributed by atoms with van der Waals surface area (Å²) in [5.41, 5.74) is 4.30. The minimum Gasteiger partial charge on any atom is -0.480 e. The summed E-state index contributed by atoms with van der Waals surface area (Å²) in [6, 6.07) is 0. The highest BCUT2D eigenvalue weighted by molar-refractivity contribution is 5.85. The summed E-state index contributed by atoms with van der Waals surface area (Å²) in [6.07, 6.45) is 0.761. The molecule has 0 aliphatic carbocycles. The molecule has 0 rings (SSSR count). The highest BCUT2D eigenvalue weighted by Crippen LogP contribution is 2.07. The molecule has 0 saturated heterocycles. The minimum atomic E-state index is -1.21. The molecule has 7 heteroatoms. The number of carbonyl (C=O) groups is 1. The quantitative estimate of drug-likeness (QED) is 0.351. The van der Waals surface area contributed by atoms with Gasteiger partial charge >= 0.3 is 5.97 Å². The van der Waals surface area contributed by atoms with Gasteiger partial charge in [0.15, 0.2) is 0 Å². The fourth-order valence-corrected chi connectivity index (χ4v) is 0.757. The molecule has 100 valence electrons. The first-order chi connectivity index (χ1) is 6.86. The lowest BCUT2D eigenvalue weighted by Gasteiger charge is -2.16. The maximum absolute atomic E-state index is 10.6. The van der Waals surface area contributed by atoms with E-state index in [1.807, 2.05) is 0 Å². The number of amidine groups is 1. The molecule has 0 unspecified atom stereocenters. The number of hydrogen-bond donors (Lipinski definition) is 4. The molecule has 0 aromatic heterocycles. The predicted octanol–water partition coefficient (Wildman–Crippen LogP) is 1.00. The number of hydrogen-bond acceptors (Lipinski definition) is 3. The Morgan fingerprint density at radius 3 is 2.41 bits per heavy atom. The van der Waals surface area contributed by atoms with Gasteiger partial charge in [0.2, 0.25) is 0 Å². The molecular weight excluding hydrogens is 265 g/mol. The Balaban J connectivity index is -0.000000980. The first-order valence-corrected chi connectivity index (χ1v) is 4.63. The lowest BCUT2D eigenvalue weighted by molar-refractivity contribution is -0.142. The second-order valence-corrected chi connectivity index (χ2v) is 3.55. The smallest absolute Gasteiger partial charge is 0.323 e. The molecule has 5 N–H and O–H groups in total. The average molecular weight is 284 g/mol. The Labute approximate surface area is 114 Å². The van der Waals surface area contributed by atoms with Crippen LogP contribution in [0, 0.1) is 17.3 Å². The SMILES string of the molecule is CC(=N)NCC#CCC[C@](C)(N)C(=O)O.Cl.Cl. The number of carboxylic acids is 1. The lowest BCUT2D eigenvalue weighted by atomic mass is 9.98. The molecule has 0 aliphatic rings. The predicted molar refractivity (Wildman–Crippen MR) is 73.1 cm³/mol. The van der Waals surface area contributed by atoms with Crippen molar-refractivity contribution in [1.29, 1.82) is 5.41 Å². The first kappa shape index (κ1) is 21.3. The maximum Gasteiger partial charge on any atom is 0.323 e. The van der Waals surface area contributed by atoms with Crippen molar-refractivity contribution in [1.82, 2.24) is 5.32 Å². The van der Waals surface area contributed by atoms with Gasteiger partial charge in [-0.1, -0.05) is 5.92 Å². The van der Waals surface area contributed by atoms with Crippen molar-refractivity contribution < 1.29 is 9.90 Å². The number of halogens is 2. The van der Waals surface area contributed by atoms with Gasteiger partial charge in [0.25, 0.3) is 0 Å². The van der Waals surface area contributed by atoms with Crippen LogP contribution in [-0.4, -0.2) is 29.0 Å². The zero-order valence-electron chi connectivity index (χ0n) is 9.87. The largest absolute Gasteiger partial charge is 0.480 e. The van der Waals surface area contributed by atoms with Gasteiger partial charge in [-0.2, -0.15) is 0 Å². The second-order valence-electron chi connectivity index (χ2n) is 3.55. The number of nitrogens with two attached hydrogens (primary N) is 1. The monoisotopic (exact) mass is 283 g/mol. The van der Waals surface area contributed by atoms with Gasteiger partial charge in [0.1, 0.15) is 5.54 Å². The van der Waals surface area contributed by atoms with Gasteiger partial charge < -0.3 is 16.2 Å². The van der Waals surface area contributed by atoms with Crippen molar-refractivity contribution in [3.8, 4) is 11.8 Å². The Kier molecular flexibility index (Phi) is 12.8. The highest BCUT2D eigenvalue weighted by Gasteiger charge is 2.26. The standard InChI is InChI=1S/C10H17N3O2.2ClH/c1-8(11)13-7-5-3-4-6-10(2,12)9(14)15;;/h4,6-7,12H2,1-2H3,(H2,11,13)(H,14,15);2*1H/t10-;;/m0../s1. The summed E-state index contributed by atoms with van der Waals surface area (Å²) >= 11 is 0. The molecule has 0 aliphatic heterocycles. The summed E-state index contributed by atoms with van der Waals surface area (Å²) in [7, 11) is 0. The summed E-state index contributed by atoms with van der Waals surface area (Å²) in [6.45, 7) is 3.50. The Morgan fingerprint density at radius 2 is 2.00 bits per heavy atom. The van der Waals surface area contributed by atoms with Crippen LogP contribution in [0.3, 0.4) is 0 Å². The molecule has 0 aromatic carbocycles. The molecule has 0 fully saturated rings.